The second kappa shape index (κ2) is 6.76. The highest BCUT2D eigenvalue weighted by Gasteiger charge is 2.17. The molecule has 0 aromatic heterocycles. The lowest BCUT2D eigenvalue weighted by Gasteiger charge is -2.12. The Morgan fingerprint density at radius 3 is 3.00 bits per heavy atom. The summed E-state index contributed by atoms with van der Waals surface area (Å²) in [4.78, 5) is 11.9. The van der Waals surface area contributed by atoms with Crippen LogP contribution >= 0.6 is 12.2 Å². The van der Waals surface area contributed by atoms with Crippen LogP contribution in [0.4, 0.5) is 10.1 Å². The minimum absolute atomic E-state index is 0.0546. The summed E-state index contributed by atoms with van der Waals surface area (Å²) in [5.74, 6) is -0.588. The second-order valence-corrected chi connectivity index (χ2v) is 5.22. The van der Waals surface area contributed by atoms with Crippen molar-refractivity contribution in [2.75, 3.05) is 11.9 Å². The molecular formula is C14H17FN2O2S. The summed E-state index contributed by atoms with van der Waals surface area (Å²) in [5.41, 5.74) is 6.31. The highest BCUT2D eigenvalue weighted by atomic mass is 32.1. The van der Waals surface area contributed by atoms with Gasteiger partial charge in [-0.15, -0.1) is 0 Å². The van der Waals surface area contributed by atoms with Crippen LogP contribution in [0.15, 0.2) is 18.2 Å². The number of halogens is 1. The molecule has 1 aromatic rings. The number of anilines is 1. The number of ether oxygens (including phenoxy) is 1. The number of carbonyl (C=O) groups is 1. The van der Waals surface area contributed by atoms with Crippen LogP contribution in [0.2, 0.25) is 0 Å². The summed E-state index contributed by atoms with van der Waals surface area (Å²) in [5, 5.41) is 2.71. The summed E-state index contributed by atoms with van der Waals surface area (Å²) in [7, 11) is 0. The van der Waals surface area contributed by atoms with Crippen molar-refractivity contribution in [3.63, 3.8) is 0 Å². The summed E-state index contributed by atoms with van der Waals surface area (Å²) in [6.07, 6.45) is 3.27. The molecule has 1 atom stereocenters. The highest BCUT2D eigenvalue weighted by Crippen LogP contribution is 2.19. The fourth-order valence-corrected chi connectivity index (χ4v) is 2.38. The van der Waals surface area contributed by atoms with Gasteiger partial charge in [0.05, 0.1) is 11.8 Å². The van der Waals surface area contributed by atoms with Crippen LogP contribution in [0.1, 0.15) is 31.2 Å². The minimum Gasteiger partial charge on any atom is -0.389 e. The van der Waals surface area contributed by atoms with Crippen LogP contribution in [0, 0.1) is 5.82 Å². The Bertz CT molecular complexity index is 516. The number of carbonyl (C=O) groups excluding carboxylic acids is 1. The Morgan fingerprint density at radius 1 is 1.55 bits per heavy atom. The predicted molar refractivity (Wildman–Crippen MR) is 79.1 cm³/mol. The first-order valence-corrected chi connectivity index (χ1v) is 6.98. The molecule has 6 heteroatoms. The van der Waals surface area contributed by atoms with Crippen molar-refractivity contribution in [1.82, 2.24) is 0 Å². The van der Waals surface area contributed by atoms with E-state index in [2.05, 4.69) is 5.32 Å². The van der Waals surface area contributed by atoms with E-state index < -0.39 is 5.82 Å². The van der Waals surface area contributed by atoms with Crippen molar-refractivity contribution in [2.24, 2.45) is 5.73 Å². The van der Waals surface area contributed by atoms with Gasteiger partial charge in [-0.05, 0) is 37.5 Å². The van der Waals surface area contributed by atoms with Gasteiger partial charge in [-0.3, -0.25) is 4.79 Å². The van der Waals surface area contributed by atoms with Crippen molar-refractivity contribution in [1.29, 1.82) is 0 Å². The molecule has 1 amide bonds. The van der Waals surface area contributed by atoms with Crippen LogP contribution < -0.4 is 11.1 Å². The van der Waals surface area contributed by atoms with E-state index in [1.54, 1.807) is 0 Å². The predicted octanol–water partition coefficient (Wildman–Crippen LogP) is 2.36. The van der Waals surface area contributed by atoms with Gasteiger partial charge in [0.15, 0.2) is 0 Å². The Balaban J connectivity index is 1.94. The van der Waals surface area contributed by atoms with E-state index in [4.69, 9.17) is 22.7 Å². The van der Waals surface area contributed by atoms with Crippen molar-refractivity contribution < 1.29 is 13.9 Å². The maximum absolute atomic E-state index is 13.2. The van der Waals surface area contributed by atoms with E-state index in [9.17, 15) is 9.18 Å². The number of hydrogen-bond acceptors (Lipinski definition) is 3. The fraction of sp³-hybridized carbons (Fsp3) is 0.429. The topological polar surface area (TPSA) is 64.3 Å². The third kappa shape index (κ3) is 3.98. The monoisotopic (exact) mass is 296 g/mol. The van der Waals surface area contributed by atoms with Gasteiger partial charge in [0.25, 0.3) is 0 Å². The number of hydrogen-bond donors (Lipinski definition) is 2. The van der Waals surface area contributed by atoms with E-state index >= 15 is 0 Å². The molecule has 108 valence electrons. The van der Waals surface area contributed by atoms with E-state index in [1.807, 2.05) is 0 Å². The Morgan fingerprint density at radius 2 is 2.35 bits per heavy atom. The van der Waals surface area contributed by atoms with Gasteiger partial charge in [0.1, 0.15) is 10.8 Å². The first-order chi connectivity index (χ1) is 9.56. The number of rotatable bonds is 5. The smallest absolute Gasteiger partial charge is 0.224 e. The third-order valence-electron chi connectivity index (χ3n) is 3.24. The minimum atomic E-state index is -0.440. The van der Waals surface area contributed by atoms with E-state index in [0.29, 0.717) is 24.1 Å². The summed E-state index contributed by atoms with van der Waals surface area (Å²) in [6.45, 7) is 0.774. The zero-order valence-electron chi connectivity index (χ0n) is 11.0. The fourth-order valence-electron chi connectivity index (χ4n) is 2.21. The summed E-state index contributed by atoms with van der Waals surface area (Å²) < 4.78 is 18.6. The molecule has 0 aliphatic carbocycles. The lowest BCUT2D eigenvalue weighted by atomic mass is 10.1. The van der Waals surface area contributed by atoms with E-state index in [1.165, 1.54) is 18.2 Å². The average molecular weight is 296 g/mol. The van der Waals surface area contributed by atoms with Crippen LogP contribution in [-0.2, 0) is 9.53 Å². The molecule has 1 aliphatic heterocycles. The van der Waals surface area contributed by atoms with Crippen molar-refractivity contribution in [3.05, 3.63) is 29.6 Å². The SMILES string of the molecule is NC(=S)c1cc(F)ccc1NC(=O)CCC1CCCO1. The quantitative estimate of drug-likeness (QED) is 0.819. The van der Waals surface area contributed by atoms with Crippen LogP contribution in [0.5, 0.6) is 0 Å². The van der Waals surface area contributed by atoms with Crippen molar-refractivity contribution >= 4 is 28.8 Å². The van der Waals surface area contributed by atoms with Crippen LogP contribution in [0.3, 0.4) is 0 Å². The molecule has 4 nitrogen and oxygen atoms in total. The summed E-state index contributed by atoms with van der Waals surface area (Å²) >= 11 is 4.85. The Kier molecular flexibility index (Phi) is 5.03. The first-order valence-electron chi connectivity index (χ1n) is 6.57. The number of benzene rings is 1. The molecular weight excluding hydrogens is 279 g/mol. The lowest BCUT2D eigenvalue weighted by molar-refractivity contribution is -0.116. The van der Waals surface area contributed by atoms with E-state index in [0.717, 1.165) is 19.4 Å². The Labute approximate surface area is 122 Å². The number of nitrogens with one attached hydrogen (secondary N) is 1. The standard InChI is InChI=1S/C14H17FN2O2S/c15-9-3-5-12(11(8-9)14(16)20)17-13(18)6-4-10-2-1-7-19-10/h3,5,8,10H,1-2,4,6-7H2,(H2,16,20)(H,17,18). The maximum Gasteiger partial charge on any atom is 0.224 e. The molecule has 1 fully saturated rings. The van der Waals surface area contributed by atoms with Gasteiger partial charge >= 0.3 is 0 Å². The van der Waals surface area contributed by atoms with Gasteiger partial charge in [0, 0.05) is 18.6 Å². The van der Waals surface area contributed by atoms with Gasteiger partial charge in [0.2, 0.25) is 5.91 Å². The van der Waals surface area contributed by atoms with Gasteiger partial charge in [-0.1, -0.05) is 12.2 Å². The normalized spacial score (nSPS) is 17.9. The number of thiocarbonyl (C=S) groups is 1. The average Bonchev–Trinajstić information content (AvgIpc) is 2.91. The number of nitrogens with two attached hydrogens (primary N) is 1. The van der Waals surface area contributed by atoms with Crippen molar-refractivity contribution in [2.45, 2.75) is 31.8 Å². The largest absolute Gasteiger partial charge is 0.389 e. The molecule has 3 N–H and O–H groups in total. The molecule has 20 heavy (non-hydrogen) atoms. The highest BCUT2D eigenvalue weighted by molar-refractivity contribution is 7.80. The molecule has 1 heterocycles. The molecule has 1 aliphatic rings. The molecule has 0 radical (unpaired) electrons. The van der Waals surface area contributed by atoms with Gasteiger partial charge in [-0.2, -0.15) is 0 Å². The van der Waals surface area contributed by atoms with Gasteiger partial charge in [-0.25, -0.2) is 4.39 Å². The first kappa shape index (κ1) is 14.9. The lowest BCUT2D eigenvalue weighted by Crippen LogP contribution is -2.19. The van der Waals surface area contributed by atoms with Crippen LogP contribution in [0.25, 0.3) is 0 Å². The zero-order valence-corrected chi connectivity index (χ0v) is 11.8. The third-order valence-corrected chi connectivity index (χ3v) is 3.46. The molecule has 1 aromatic carbocycles. The molecule has 0 bridgehead atoms. The molecule has 1 unspecified atom stereocenters. The molecule has 0 spiro atoms. The number of amides is 1. The molecule has 1 saturated heterocycles. The Hall–Kier alpha value is -1.53. The molecule has 2 rings (SSSR count). The van der Waals surface area contributed by atoms with Crippen molar-refractivity contribution in [3.8, 4) is 0 Å². The zero-order chi connectivity index (χ0) is 14.5. The maximum atomic E-state index is 13.2. The van der Waals surface area contributed by atoms with Crippen LogP contribution in [-0.4, -0.2) is 23.6 Å². The second-order valence-electron chi connectivity index (χ2n) is 4.78. The summed E-state index contributed by atoms with van der Waals surface area (Å²) in [6, 6.07) is 3.95. The van der Waals surface area contributed by atoms with E-state index in [-0.39, 0.29) is 17.0 Å². The van der Waals surface area contributed by atoms with Gasteiger partial charge < -0.3 is 15.8 Å². The molecule has 0 saturated carbocycles.